The molecular formula is C19H21N2O5-. The summed E-state index contributed by atoms with van der Waals surface area (Å²) >= 11 is 0. The Bertz CT molecular complexity index is 812. The van der Waals surface area contributed by atoms with Gasteiger partial charge in [0.05, 0.1) is 29.7 Å². The van der Waals surface area contributed by atoms with Gasteiger partial charge in [-0.1, -0.05) is 12.1 Å². The molecule has 1 saturated heterocycles. The highest BCUT2D eigenvalue weighted by atomic mass is 16.4. The maximum atomic E-state index is 12.2. The Kier molecular flexibility index (Phi) is 4.58. The third-order valence-electron chi connectivity index (χ3n) is 4.81. The lowest BCUT2D eigenvalue weighted by Crippen LogP contribution is -2.62. The molecule has 7 nitrogen and oxygen atoms in total. The van der Waals surface area contributed by atoms with Crippen molar-refractivity contribution in [3.05, 3.63) is 41.1 Å². The molecule has 138 valence electrons. The van der Waals surface area contributed by atoms with Crippen molar-refractivity contribution in [1.29, 1.82) is 0 Å². The van der Waals surface area contributed by atoms with Crippen LogP contribution in [0.5, 0.6) is 0 Å². The summed E-state index contributed by atoms with van der Waals surface area (Å²) in [7, 11) is 0. The number of carbonyl (C=O) groups is 3. The summed E-state index contributed by atoms with van der Waals surface area (Å²) in [6.45, 7) is 5.22. The SMILES string of the molecule is CC(C)NC(=O)c1cccc(C2=C(C(=O)[O-])N3C(=O)[C@H]([C@@H](C)O)[C@H]3C2)c1. The Morgan fingerprint density at radius 3 is 2.58 bits per heavy atom. The number of carbonyl (C=O) groups excluding carboxylic acids is 3. The van der Waals surface area contributed by atoms with Crippen molar-refractivity contribution < 1.29 is 24.6 Å². The van der Waals surface area contributed by atoms with Gasteiger partial charge < -0.3 is 25.2 Å². The minimum absolute atomic E-state index is 0.0259. The highest BCUT2D eigenvalue weighted by Gasteiger charge is 2.55. The quantitative estimate of drug-likeness (QED) is 0.715. The molecular weight excluding hydrogens is 336 g/mol. The predicted octanol–water partition coefficient (Wildman–Crippen LogP) is -0.103. The zero-order chi connectivity index (χ0) is 19.2. The lowest BCUT2D eigenvalue weighted by Gasteiger charge is -2.45. The van der Waals surface area contributed by atoms with Gasteiger partial charge in [-0.3, -0.25) is 9.59 Å². The number of carboxylic acids is 1. The van der Waals surface area contributed by atoms with Crippen molar-refractivity contribution in [2.24, 2.45) is 5.92 Å². The number of carboxylic acid groups (broad SMARTS) is 1. The molecule has 3 atom stereocenters. The van der Waals surface area contributed by atoms with Crippen LogP contribution in [0.2, 0.25) is 0 Å². The van der Waals surface area contributed by atoms with Gasteiger partial charge in [-0.05, 0) is 50.5 Å². The van der Waals surface area contributed by atoms with Crippen LogP contribution in [-0.2, 0) is 9.59 Å². The van der Waals surface area contributed by atoms with Crippen LogP contribution in [0.1, 0.15) is 43.1 Å². The third kappa shape index (κ3) is 2.88. The fraction of sp³-hybridized carbons (Fsp3) is 0.421. The van der Waals surface area contributed by atoms with E-state index in [9.17, 15) is 24.6 Å². The lowest BCUT2D eigenvalue weighted by molar-refractivity contribution is -0.301. The summed E-state index contributed by atoms with van der Waals surface area (Å²) in [6.07, 6.45) is -0.547. The van der Waals surface area contributed by atoms with E-state index in [2.05, 4.69) is 5.32 Å². The number of nitrogens with zero attached hydrogens (tertiary/aromatic N) is 1. The minimum Gasteiger partial charge on any atom is -0.543 e. The molecule has 2 N–H and O–H groups in total. The van der Waals surface area contributed by atoms with Gasteiger partial charge in [-0.2, -0.15) is 0 Å². The van der Waals surface area contributed by atoms with Gasteiger partial charge in [-0.15, -0.1) is 0 Å². The molecule has 0 aliphatic carbocycles. The molecule has 0 bridgehead atoms. The average Bonchev–Trinajstić information content (AvgIpc) is 2.89. The molecule has 26 heavy (non-hydrogen) atoms. The first kappa shape index (κ1) is 18.1. The summed E-state index contributed by atoms with van der Waals surface area (Å²) in [6, 6.07) is 6.23. The molecule has 2 amide bonds. The average molecular weight is 357 g/mol. The number of hydrogen-bond donors (Lipinski definition) is 2. The molecule has 3 rings (SSSR count). The van der Waals surface area contributed by atoms with Gasteiger partial charge in [0.1, 0.15) is 0 Å². The number of aliphatic hydroxyl groups excluding tert-OH is 1. The molecule has 7 heteroatoms. The summed E-state index contributed by atoms with van der Waals surface area (Å²) in [5, 5.41) is 24.2. The van der Waals surface area contributed by atoms with Gasteiger partial charge in [-0.25, -0.2) is 0 Å². The van der Waals surface area contributed by atoms with Gasteiger partial charge in [0.15, 0.2) is 0 Å². The minimum atomic E-state index is -1.43. The van der Waals surface area contributed by atoms with Crippen LogP contribution in [0.3, 0.4) is 0 Å². The monoisotopic (exact) mass is 357 g/mol. The normalized spacial score (nSPS) is 23.0. The van der Waals surface area contributed by atoms with E-state index in [0.29, 0.717) is 23.1 Å². The van der Waals surface area contributed by atoms with Crippen LogP contribution >= 0.6 is 0 Å². The smallest absolute Gasteiger partial charge is 0.251 e. The Hall–Kier alpha value is -2.67. The molecule has 2 aliphatic rings. The number of hydrogen-bond acceptors (Lipinski definition) is 5. The Balaban J connectivity index is 1.97. The van der Waals surface area contributed by atoms with Gasteiger partial charge in [0.25, 0.3) is 5.91 Å². The van der Waals surface area contributed by atoms with E-state index >= 15 is 0 Å². The topological polar surface area (TPSA) is 110 Å². The standard InChI is InChI=1S/C19H22N2O5/c1-9(2)20-17(23)12-6-4-5-11(7-12)13-8-14-15(10(3)22)18(24)21(14)16(13)19(25)26/h4-7,9-10,14-15,22H,8H2,1-3H3,(H,20,23)(H,25,26)/p-1/t10-,14-,15-/m1/s1. The summed E-state index contributed by atoms with van der Waals surface area (Å²) in [5.41, 5.74) is 1.25. The Morgan fingerprint density at radius 1 is 1.31 bits per heavy atom. The maximum absolute atomic E-state index is 12.2. The van der Waals surface area contributed by atoms with E-state index in [0.717, 1.165) is 0 Å². The van der Waals surface area contributed by atoms with Crippen molar-refractivity contribution in [2.45, 2.75) is 45.4 Å². The Morgan fingerprint density at radius 2 is 2.00 bits per heavy atom. The number of β-lactam (4-membered cyclic amide) rings is 1. The molecule has 1 aromatic carbocycles. The van der Waals surface area contributed by atoms with E-state index in [4.69, 9.17) is 0 Å². The maximum Gasteiger partial charge on any atom is 0.251 e. The highest BCUT2D eigenvalue weighted by molar-refractivity contribution is 6.06. The van der Waals surface area contributed by atoms with Gasteiger partial charge in [0, 0.05) is 11.6 Å². The van der Waals surface area contributed by atoms with Crippen molar-refractivity contribution in [3.63, 3.8) is 0 Å². The van der Waals surface area contributed by atoms with E-state index < -0.39 is 29.9 Å². The molecule has 0 spiro atoms. The number of benzene rings is 1. The van der Waals surface area contributed by atoms with E-state index in [1.807, 2.05) is 13.8 Å². The largest absolute Gasteiger partial charge is 0.543 e. The molecule has 2 aliphatic heterocycles. The van der Waals surface area contributed by atoms with Crippen molar-refractivity contribution in [1.82, 2.24) is 10.2 Å². The summed E-state index contributed by atoms with van der Waals surface area (Å²) in [5.74, 6) is -2.71. The second-order valence-corrected chi connectivity index (χ2v) is 7.07. The number of aliphatic carboxylic acids is 1. The van der Waals surface area contributed by atoms with Gasteiger partial charge in [0.2, 0.25) is 5.91 Å². The molecule has 0 aromatic heterocycles. The number of aliphatic hydroxyl groups is 1. The number of rotatable bonds is 5. The zero-order valence-electron chi connectivity index (χ0n) is 14.9. The molecule has 0 radical (unpaired) electrons. The van der Waals surface area contributed by atoms with E-state index in [1.165, 1.54) is 11.8 Å². The summed E-state index contributed by atoms with van der Waals surface area (Å²) in [4.78, 5) is 37.3. The molecule has 1 fully saturated rings. The third-order valence-corrected chi connectivity index (χ3v) is 4.81. The first-order chi connectivity index (χ1) is 12.2. The number of fused-ring (bicyclic) bond motifs is 1. The van der Waals surface area contributed by atoms with Crippen LogP contribution in [0.4, 0.5) is 0 Å². The fourth-order valence-electron chi connectivity index (χ4n) is 3.71. The first-order valence-electron chi connectivity index (χ1n) is 8.59. The van der Waals surface area contributed by atoms with Crippen LogP contribution in [0.15, 0.2) is 30.0 Å². The Labute approximate surface area is 151 Å². The molecule has 2 heterocycles. The molecule has 1 aromatic rings. The van der Waals surface area contributed by atoms with Crippen LogP contribution in [0.25, 0.3) is 5.57 Å². The lowest BCUT2D eigenvalue weighted by atomic mass is 9.82. The van der Waals surface area contributed by atoms with Crippen LogP contribution in [-0.4, -0.2) is 46.0 Å². The number of nitrogens with one attached hydrogen (secondary N) is 1. The van der Waals surface area contributed by atoms with Crippen molar-refractivity contribution in [3.8, 4) is 0 Å². The fourth-order valence-corrected chi connectivity index (χ4v) is 3.71. The predicted molar refractivity (Wildman–Crippen MR) is 91.4 cm³/mol. The number of amides is 2. The van der Waals surface area contributed by atoms with Crippen LogP contribution < -0.4 is 10.4 Å². The summed E-state index contributed by atoms with van der Waals surface area (Å²) < 4.78 is 0. The highest BCUT2D eigenvalue weighted by Crippen LogP contribution is 2.46. The van der Waals surface area contributed by atoms with Crippen LogP contribution in [0, 0.1) is 5.92 Å². The second kappa shape index (κ2) is 6.57. The van der Waals surface area contributed by atoms with Crippen molar-refractivity contribution in [2.75, 3.05) is 0 Å². The zero-order valence-corrected chi connectivity index (χ0v) is 14.9. The van der Waals surface area contributed by atoms with Crippen molar-refractivity contribution >= 4 is 23.4 Å². The van der Waals surface area contributed by atoms with Gasteiger partial charge >= 0.3 is 0 Å². The van der Waals surface area contributed by atoms with E-state index in [1.54, 1.807) is 24.3 Å². The van der Waals surface area contributed by atoms with E-state index in [-0.39, 0.29) is 17.6 Å². The molecule has 0 unspecified atom stereocenters. The molecule has 0 saturated carbocycles. The second-order valence-electron chi connectivity index (χ2n) is 7.07. The first-order valence-corrected chi connectivity index (χ1v) is 8.59.